The van der Waals surface area contributed by atoms with E-state index in [-0.39, 0.29) is 13.2 Å². The molecule has 0 saturated carbocycles. The highest BCUT2D eigenvalue weighted by atomic mass is 32.2. The van der Waals surface area contributed by atoms with Gasteiger partial charge in [-0.25, -0.2) is 0 Å². The Bertz CT molecular complexity index is 245. The summed E-state index contributed by atoms with van der Waals surface area (Å²) in [6.07, 6.45) is 0. The van der Waals surface area contributed by atoms with E-state index in [2.05, 4.69) is 5.32 Å². The van der Waals surface area contributed by atoms with Crippen molar-refractivity contribution in [1.29, 1.82) is 0 Å². The highest BCUT2D eigenvalue weighted by molar-refractivity contribution is 7.87. The summed E-state index contributed by atoms with van der Waals surface area (Å²) in [7, 11) is -4.11. The molecule has 0 aliphatic carbocycles. The summed E-state index contributed by atoms with van der Waals surface area (Å²) in [5.74, 6) is 0. The van der Waals surface area contributed by atoms with Gasteiger partial charge in [0.15, 0.2) is 0 Å². The number of aliphatic hydroxyl groups is 1. The van der Waals surface area contributed by atoms with Crippen LogP contribution >= 0.6 is 0 Å². The highest BCUT2D eigenvalue weighted by Crippen LogP contribution is 2.18. The number of morpholine rings is 1. The average Bonchev–Trinajstić information content (AvgIpc) is 2.05. The maximum Gasteiger partial charge on any atom is 0.296 e. The average molecular weight is 227 g/mol. The van der Waals surface area contributed by atoms with E-state index in [1.807, 2.05) is 0 Å². The Labute approximate surface area is 84.0 Å². The topological polar surface area (TPSA) is 95.9 Å². The summed E-state index contributed by atoms with van der Waals surface area (Å²) in [6, 6.07) is 0. The van der Waals surface area contributed by atoms with Crippen molar-refractivity contribution in [3.63, 3.8) is 0 Å². The van der Waals surface area contributed by atoms with Gasteiger partial charge in [0.2, 0.25) is 4.93 Å². The molecule has 0 aromatic heterocycles. The van der Waals surface area contributed by atoms with Crippen LogP contribution in [0.25, 0.3) is 0 Å². The summed E-state index contributed by atoms with van der Waals surface area (Å²) in [5, 5.41) is 10.4. The number of aliphatic hydroxyl groups excluding tert-OH is 1. The minimum Gasteiger partial charge on any atom is -0.397 e. The van der Waals surface area contributed by atoms with Gasteiger partial charge in [0.05, 0.1) is 6.61 Å². The predicted octanol–water partition coefficient (Wildman–Crippen LogP) is -0.791. The summed E-state index contributed by atoms with van der Waals surface area (Å²) in [4.78, 5) is -1.47. The van der Waals surface area contributed by atoms with Crippen molar-refractivity contribution in [1.82, 2.24) is 5.32 Å². The van der Waals surface area contributed by atoms with Crippen LogP contribution in [0.3, 0.4) is 0 Å². The van der Waals surface area contributed by atoms with E-state index < -0.39 is 15.1 Å². The van der Waals surface area contributed by atoms with E-state index in [9.17, 15) is 8.42 Å². The van der Waals surface area contributed by atoms with Gasteiger partial charge in [0, 0.05) is 19.7 Å². The second kappa shape index (κ2) is 5.62. The van der Waals surface area contributed by atoms with Crippen LogP contribution in [-0.2, 0) is 14.9 Å². The Balaban J connectivity index is 0.000000500. The van der Waals surface area contributed by atoms with Crippen LogP contribution < -0.4 is 5.32 Å². The molecule has 86 valence electrons. The first kappa shape index (κ1) is 13.8. The van der Waals surface area contributed by atoms with Crippen molar-refractivity contribution < 1.29 is 22.8 Å². The third kappa shape index (κ3) is 3.89. The summed E-state index contributed by atoms with van der Waals surface area (Å²) in [5.41, 5.74) is 0. The highest BCUT2D eigenvalue weighted by Gasteiger charge is 2.40. The summed E-state index contributed by atoms with van der Waals surface area (Å²) < 4.78 is 35.0. The monoisotopic (exact) mass is 227 g/mol. The maximum atomic E-state index is 10.7. The maximum absolute atomic E-state index is 10.7. The predicted molar refractivity (Wildman–Crippen MR) is 51.5 cm³/mol. The van der Waals surface area contributed by atoms with Crippen LogP contribution in [0, 0.1) is 0 Å². The lowest BCUT2D eigenvalue weighted by molar-refractivity contribution is 0.00182. The van der Waals surface area contributed by atoms with E-state index in [0.717, 1.165) is 0 Å². The first-order chi connectivity index (χ1) is 6.37. The molecule has 1 aliphatic rings. The molecule has 7 heteroatoms. The fourth-order valence-electron chi connectivity index (χ4n) is 0.871. The van der Waals surface area contributed by atoms with Gasteiger partial charge in [0.25, 0.3) is 10.1 Å². The third-order valence-corrected chi connectivity index (χ3v) is 3.03. The minimum atomic E-state index is -4.11. The Hall–Kier alpha value is -0.210. The van der Waals surface area contributed by atoms with Crippen LogP contribution in [0.4, 0.5) is 0 Å². The van der Waals surface area contributed by atoms with Crippen LogP contribution in [0.5, 0.6) is 0 Å². The van der Waals surface area contributed by atoms with E-state index >= 15 is 0 Å². The van der Waals surface area contributed by atoms with Gasteiger partial charge >= 0.3 is 0 Å². The molecular weight excluding hydrogens is 210 g/mol. The Morgan fingerprint density at radius 3 is 2.29 bits per heavy atom. The molecule has 3 N–H and O–H groups in total. The lowest BCUT2D eigenvalue weighted by Crippen LogP contribution is -2.52. The van der Waals surface area contributed by atoms with Crippen molar-refractivity contribution in [2.24, 2.45) is 0 Å². The van der Waals surface area contributed by atoms with Gasteiger partial charge in [-0.15, -0.1) is 0 Å². The quantitative estimate of drug-likeness (QED) is 0.508. The first-order valence-electron chi connectivity index (χ1n) is 4.30. The second-order valence-corrected chi connectivity index (χ2v) is 4.76. The van der Waals surface area contributed by atoms with Crippen molar-refractivity contribution in [2.45, 2.75) is 18.8 Å². The fourth-order valence-corrected chi connectivity index (χ4v) is 1.39. The van der Waals surface area contributed by atoms with E-state index in [4.69, 9.17) is 14.4 Å². The molecule has 1 fully saturated rings. The van der Waals surface area contributed by atoms with Gasteiger partial charge < -0.3 is 15.2 Å². The van der Waals surface area contributed by atoms with E-state index in [0.29, 0.717) is 13.2 Å². The van der Waals surface area contributed by atoms with Crippen molar-refractivity contribution in [3.8, 4) is 0 Å². The number of rotatable bonds is 1. The Morgan fingerprint density at radius 1 is 1.57 bits per heavy atom. The standard InChI is InChI=1S/C5H11NO4S.C2H6O/c1-5(11(7,8)9)4-6-2-3-10-5;1-2-3/h6H,2-4H2,1H3,(H,7,8,9);3H,2H2,1H3. The molecule has 1 unspecified atom stereocenters. The van der Waals surface area contributed by atoms with Gasteiger partial charge in [-0.3, -0.25) is 4.55 Å². The number of ether oxygens (including phenoxy) is 1. The number of hydrogen-bond donors (Lipinski definition) is 3. The molecule has 0 radical (unpaired) electrons. The normalized spacial score (nSPS) is 27.7. The zero-order valence-corrected chi connectivity index (χ0v) is 9.17. The molecule has 1 aliphatic heterocycles. The Morgan fingerprint density at radius 2 is 2.07 bits per heavy atom. The van der Waals surface area contributed by atoms with Crippen LogP contribution in [0.2, 0.25) is 0 Å². The molecule has 0 aromatic carbocycles. The molecule has 6 nitrogen and oxygen atoms in total. The third-order valence-electron chi connectivity index (χ3n) is 1.68. The molecule has 1 atom stereocenters. The van der Waals surface area contributed by atoms with Gasteiger partial charge in [-0.2, -0.15) is 8.42 Å². The lowest BCUT2D eigenvalue weighted by Gasteiger charge is -2.30. The fraction of sp³-hybridized carbons (Fsp3) is 1.00. The minimum absolute atomic E-state index is 0.131. The van der Waals surface area contributed by atoms with Crippen LogP contribution in [-0.4, -0.2) is 49.3 Å². The molecular formula is C7H17NO5S. The van der Waals surface area contributed by atoms with Crippen molar-refractivity contribution in [3.05, 3.63) is 0 Å². The van der Waals surface area contributed by atoms with Gasteiger partial charge in [0.1, 0.15) is 0 Å². The first-order valence-corrected chi connectivity index (χ1v) is 5.74. The Kier molecular flexibility index (Phi) is 5.53. The molecule has 1 rings (SSSR count). The number of nitrogens with one attached hydrogen (secondary N) is 1. The zero-order valence-electron chi connectivity index (χ0n) is 8.36. The SMILES string of the molecule is CC1(S(=O)(=O)O)CNCCO1.CCO. The van der Waals surface area contributed by atoms with Gasteiger partial charge in [-0.1, -0.05) is 0 Å². The van der Waals surface area contributed by atoms with Crippen LogP contribution in [0.1, 0.15) is 13.8 Å². The van der Waals surface area contributed by atoms with Crippen molar-refractivity contribution in [2.75, 3.05) is 26.3 Å². The molecule has 0 amide bonds. The van der Waals surface area contributed by atoms with Crippen LogP contribution in [0.15, 0.2) is 0 Å². The zero-order chi connectivity index (χ0) is 11.2. The second-order valence-electron chi connectivity index (χ2n) is 2.95. The molecule has 1 saturated heterocycles. The van der Waals surface area contributed by atoms with Gasteiger partial charge in [-0.05, 0) is 13.8 Å². The lowest BCUT2D eigenvalue weighted by atomic mass is 10.3. The molecule has 1 heterocycles. The smallest absolute Gasteiger partial charge is 0.296 e. The molecule has 0 bridgehead atoms. The van der Waals surface area contributed by atoms with E-state index in [1.54, 1.807) is 6.92 Å². The molecule has 14 heavy (non-hydrogen) atoms. The van der Waals surface area contributed by atoms with Crippen molar-refractivity contribution >= 4 is 10.1 Å². The molecule has 0 spiro atoms. The largest absolute Gasteiger partial charge is 0.397 e. The summed E-state index contributed by atoms with van der Waals surface area (Å²) >= 11 is 0. The van der Waals surface area contributed by atoms with E-state index in [1.165, 1.54) is 6.92 Å². The summed E-state index contributed by atoms with van der Waals surface area (Å²) in [6.45, 7) is 4.32. The number of hydrogen-bond acceptors (Lipinski definition) is 5. The molecule has 0 aromatic rings.